The van der Waals surface area contributed by atoms with Crippen LogP contribution in [0.2, 0.25) is 0 Å². The Morgan fingerprint density at radius 1 is 1.62 bits per heavy atom. The van der Waals surface area contributed by atoms with E-state index in [9.17, 15) is 0 Å². The molecule has 0 amide bonds. The van der Waals surface area contributed by atoms with Gasteiger partial charge in [0.2, 0.25) is 0 Å². The monoisotopic (exact) mass is 202 g/mol. The molecule has 1 fully saturated rings. The summed E-state index contributed by atoms with van der Waals surface area (Å²) in [4.78, 5) is 2.64. The van der Waals surface area contributed by atoms with Gasteiger partial charge in [-0.3, -0.25) is 4.90 Å². The first-order chi connectivity index (χ1) is 6.27. The summed E-state index contributed by atoms with van der Waals surface area (Å²) in [5, 5.41) is 3.48. The van der Waals surface area contributed by atoms with E-state index >= 15 is 0 Å². The summed E-state index contributed by atoms with van der Waals surface area (Å²) < 4.78 is 0. The van der Waals surface area contributed by atoms with E-state index in [1.54, 1.807) is 0 Å². The van der Waals surface area contributed by atoms with E-state index in [4.69, 9.17) is 0 Å². The van der Waals surface area contributed by atoms with Crippen LogP contribution in [-0.4, -0.2) is 48.6 Å². The lowest BCUT2D eigenvalue weighted by Gasteiger charge is -2.37. The maximum Gasteiger partial charge on any atom is 0.0184 e. The van der Waals surface area contributed by atoms with Crippen molar-refractivity contribution in [3.8, 4) is 0 Å². The third-order valence-electron chi connectivity index (χ3n) is 2.75. The van der Waals surface area contributed by atoms with E-state index in [2.05, 4.69) is 30.3 Å². The number of rotatable bonds is 4. The predicted octanol–water partition coefficient (Wildman–Crippen LogP) is 1.42. The fraction of sp³-hybridized carbons (Fsp3) is 1.00. The number of thioether (sulfide) groups is 1. The zero-order valence-corrected chi connectivity index (χ0v) is 9.86. The van der Waals surface area contributed by atoms with Gasteiger partial charge in [0.05, 0.1) is 0 Å². The number of piperazine rings is 1. The van der Waals surface area contributed by atoms with Crippen LogP contribution >= 0.6 is 11.8 Å². The van der Waals surface area contributed by atoms with Crippen LogP contribution in [0.25, 0.3) is 0 Å². The highest BCUT2D eigenvalue weighted by molar-refractivity contribution is 7.98. The highest BCUT2D eigenvalue weighted by Gasteiger charge is 2.21. The second kappa shape index (κ2) is 5.89. The van der Waals surface area contributed by atoms with Crippen molar-refractivity contribution in [1.29, 1.82) is 0 Å². The number of nitrogens with one attached hydrogen (secondary N) is 1. The molecule has 0 aromatic rings. The van der Waals surface area contributed by atoms with Crippen LogP contribution in [-0.2, 0) is 0 Å². The molecule has 0 radical (unpaired) electrons. The molecule has 0 aliphatic carbocycles. The second-order valence-corrected chi connectivity index (χ2v) is 4.78. The van der Waals surface area contributed by atoms with E-state index in [-0.39, 0.29) is 0 Å². The molecular weight excluding hydrogens is 180 g/mol. The standard InChI is InChI=1S/C10H22N2S/c1-4-10(8-13-3)12-6-5-11-9(2)7-12/h9-11H,4-8H2,1-3H3. The Morgan fingerprint density at radius 2 is 2.38 bits per heavy atom. The van der Waals surface area contributed by atoms with Gasteiger partial charge in [-0.1, -0.05) is 6.92 Å². The zero-order chi connectivity index (χ0) is 9.68. The molecule has 1 N–H and O–H groups in total. The minimum Gasteiger partial charge on any atom is -0.312 e. The van der Waals surface area contributed by atoms with Crippen LogP contribution in [0, 0.1) is 0 Å². The molecule has 2 atom stereocenters. The lowest BCUT2D eigenvalue weighted by Crippen LogP contribution is -2.53. The summed E-state index contributed by atoms with van der Waals surface area (Å²) in [7, 11) is 0. The summed E-state index contributed by atoms with van der Waals surface area (Å²) in [6.45, 7) is 8.18. The van der Waals surface area contributed by atoms with Gasteiger partial charge in [-0.15, -0.1) is 0 Å². The highest BCUT2D eigenvalue weighted by atomic mass is 32.2. The molecule has 2 unspecified atom stereocenters. The van der Waals surface area contributed by atoms with Gasteiger partial charge in [0.1, 0.15) is 0 Å². The third kappa shape index (κ3) is 3.49. The molecule has 1 aliphatic heterocycles. The molecule has 0 saturated carbocycles. The van der Waals surface area contributed by atoms with E-state index < -0.39 is 0 Å². The van der Waals surface area contributed by atoms with Gasteiger partial charge >= 0.3 is 0 Å². The molecule has 0 aromatic carbocycles. The van der Waals surface area contributed by atoms with Crippen molar-refractivity contribution in [2.75, 3.05) is 31.6 Å². The van der Waals surface area contributed by atoms with E-state index in [0.29, 0.717) is 6.04 Å². The minimum absolute atomic E-state index is 0.671. The van der Waals surface area contributed by atoms with Crippen molar-refractivity contribution in [2.45, 2.75) is 32.4 Å². The van der Waals surface area contributed by atoms with Crippen LogP contribution in [0.15, 0.2) is 0 Å². The van der Waals surface area contributed by atoms with Gasteiger partial charge in [0.25, 0.3) is 0 Å². The Balaban J connectivity index is 2.37. The maximum absolute atomic E-state index is 3.48. The summed E-state index contributed by atoms with van der Waals surface area (Å²) in [6, 6.07) is 1.46. The van der Waals surface area contributed by atoms with Crippen LogP contribution in [0.5, 0.6) is 0 Å². The Bertz CT molecular complexity index is 141. The van der Waals surface area contributed by atoms with Gasteiger partial charge in [-0.2, -0.15) is 11.8 Å². The van der Waals surface area contributed by atoms with Gasteiger partial charge < -0.3 is 5.32 Å². The summed E-state index contributed by atoms with van der Waals surface area (Å²) in [5.74, 6) is 1.28. The smallest absolute Gasteiger partial charge is 0.0184 e. The Labute approximate surface area is 86.5 Å². The van der Waals surface area contributed by atoms with Crippen molar-refractivity contribution in [3.05, 3.63) is 0 Å². The lowest BCUT2D eigenvalue weighted by atomic mass is 10.1. The molecule has 2 nitrogen and oxygen atoms in total. The van der Waals surface area contributed by atoms with Gasteiger partial charge in [0, 0.05) is 37.5 Å². The average molecular weight is 202 g/mol. The largest absolute Gasteiger partial charge is 0.312 e. The normalized spacial score (nSPS) is 27.5. The zero-order valence-electron chi connectivity index (χ0n) is 9.05. The van der Waals surface area contributed by atoms with Crippen molar-refractivity contribution >= 4 is 11.8 Å². The quantitative estimate of drug-likeness (QED) is 0.742. The molecule has 1 rings (SSSR count). The van der Waals surface area contributed by atoms with Crippen LogP contribution < -0.4 is 5.32 Å². The third-order valence-corrected chi connectivity index (χ3v) is 3.46. The van der Waals surface area contributed by atoms with Crippen LogP contribution in [0.4, 0.5) is 0 Å². The minimum atomic E-state index is 0.671. The molecule has 3 heteroatoms. The van der Waals surface area contributed by atoms with Gasteiger partial charge in [-0.05, 0) is 19.6 Å². The Kier molecular flexibility index (Phi) is 5.14. The molecule has 13 heavy (non-hydrogen) atoms. The maximum atomic E-state index is 3.48. The summed E-state index contributed by atoms with van der Waals surface area (Å²) in [5.41, 5.74) is 0. The van der Waals surface area contributed by atoms with Crippen molar-refractivity contribution in [2.24, 2.45) is 0 Å². The topological polar surface area (TPSA) is 15.3 Å². The van der Waals surface area contributed by atoms with Crippen LogP contribution in [0.1, 0.15) is 20.3 Å². The fourth-order valence-electron chi connectivity index (χ4n) is 1.97. The van der Waals surface area contributed by atoms with Crippen molar-refractivity contribution in [1.82, 2.24) is 10.2 Å². The van der Waals surface area contributed by atoms with E-state index in [1.165, 1.54) is 25.3 Å². The highest BCUT2D eigenvalue weighted by Crippen LogP contribution is 2.12. The predicted molar refractivity (Wildman–Crippen MR) is 61.5 cm³/mol. The number of nitrogens with zero attached hydrogens (tertiary/aromatic N) is 1. The molecule has 1 aliphatic rings. The molecule has 78 valence electrons. The fourth-order valence-corrected chi connectivity index (χ4v) is 2.80. The van der Waals surface area contributed by atoms with Gasteiger partial charge in [0.15, 0.2) is 0 Å². The summed E-state index contributed by atoms with van der Waals surface area (Å²) in [6.07, 6.45) is 3.49. The second-order valence-electron chi connectivity index (χ2n) is 3.87. The number of hydrogen-bond acceptors (Lipinski definition) is 3. The molecule has 0 spiro atoms. The lowest BCUT2D eigenvalue weighted by molar-refractivity contribution is 0.157. The van der Waals surface area contributed by atoms with Gasteiger partial charge in [-0.25, -0.2) is 0 Å². The Morgan fingerprint density at radius 3 is 2.92 bits per heavy atom. The number of hydrogen-bond donors (Lipinski definition) is 1. The van der Waals surface area contributed by atoms with Crippen LogP contribution in [0.3, 0.4) is 0 Å². The molecule has 0 bridgehead atoms. The van der Waals surface area contributed by atoms with E-state index in [0.717, 1.165) is 12.6 Å². The first-order valence-corrected chi connectivity index (χ1v) is 6.63. The first kappa shape index (κ1) is 11.3. The Hall–Kier alpha value is 0.270. The molecule has 0 aromatic heterocycles. The summed E-state index contributed by atoms with van der Waals surface area (Å²) >= 11 is 1.97. The first-order valence-electron chi connectivity index (χ1n) is 5.24. The molecule has 1 saturated heterocycles. The van der Waals surface area contributed by atoms with Crippen molar-refractivity contribution in [3.63, 3.8) is 0 Å². The van der Waals surface area contributed by atoms with Crippen molar-refractivity contribution < 1.29 is 0 Å². The molecular formula is C10H22N2S. The SMILES string of the molecule is CCC(CSC)N1CCNC(C)C1. The van der Waals surface area contributed by atoms with E-state index in [1.807, 2.05) is 11.8 Å². The average Bonchev–Trinajstić information content (AvgIpc) is 2.14. The molecule has 1 heterocycles.